The van der Waals surface area contributed by atoms with Crippen LogP contribution in [0.3, 0.4) is 0 Å². The molecular formula is C31H37N5O3S2. The molecule has 4 rings (SSSR count). The molecule has 1 aliphatic rings. The Morgan fingerprint density at radius 3 is 2.51 bits per heavy atom. The number of anilines is 1. The van der Waals surface area contributed by atoms with Crippen molar-refractivity contribution in [3.05, 3.63) is 77.9 Å². The van der Waals surface area contributed by atoms with Gasteiger partial charge in [-0.05, 0) is 52.6 Å². The number of carbonyl (C=O) groups excluding carboxylic acids is 3. The number of hydrogen-bond donors (Lipinski definition) is 4. The Kier molecular flexibility index (Phi) is 10.4. The van der Waals surface area contributed by atoms with E-state index in [9.17, 15) is 14.4 Å². The minimum absolute atomic E-state index is 0.0378. The highest BCUT2D eigenvalue weighted by Crippen LogP contribution is 2.38. The van der Waals surface area contributed by atoms with Crippen LogP contribution in [0.15, 0.2) is 76.5 Å². The highest BCUT2D eigenvalue weighted by Gasteiger charge is 2.33. The van der Waals surface area contributed by atoms with Gasteiger partial charge in [-0.1, -0.05) is 62.4 Å². The van der Waals surface area contributed by atoms with Gasteiger partial charge in [-0.3, -0.25) is 9.59 Å². The number of nitrogens with zero attached hydrogens (tertiary/aromatic N) is 1. The average molecular weight is 592 g/mol. The molecule has 3 aromatic carbocycles. The molecule has 1 aliphatic heterocycles. The lowest BCUT2D eigenvalue weighted by Crippen LogP contribution is -2.54. The normalized spacial score (nSPS) is 15.6. The third-order valence-electron chi connectivity index (χ3n) is 7.05. The van der Waals surface area contributed by atoms with Crippen LogP contribution in [-0.4, -0.2) is 49.0 Å². The van der Waals surface area contributed by atoms with Crippen LogP contribution in [0.25, 0.3) is 11.1 Å². The lowest BCUT2D eigenvalue weighted by atomic mass is 9.98. The Bertz CT molecular complexity index is 1400. The minimum Gasteiger partial charge on any atom is -0.342 e. The van der Waals surface area contributed by atoms with Crippen molar-refractivity contribution in [3.63, 3.8) is 0 Å². The summed E-state index contributed by atoms with van der Waals surface area (Å²) in [4.78, 5) is 42.3. The molecule has 0 fully saturated rings. The first-order chi connectivity index (χ1) is 19.7. The molecule has 10 heteroatoms. The highest BCUT2D eigenvalue weighted by atomic mass is 32.2. The van der Waals surface area contributed by atoms with Crippen molar-refractivity contribution in [2.24, 2.45) is 11.7 Å². The van der Waals surface area contributed by atoms with Gasteiger partial charge in [-0.25, -0.2) is 4.79 Å². The van der Waals surface area contributed by atoms with Crippen molar-refractivity contribution in [2.75, 3.05) is 24.0 Å². The van der Waals surface area contributed by atoms with E-state index in [0.29, 0.717) is 18.8 Å². The van der Waals surface area contributed by atoms with Gasteiger partial charge in [0.05, 0.1) is 18.3 Å². The van der Waals surface area contributed by atoms with Crippen molar-refractivity contribution in [3.8, 4) is 11.1 Å². The van der Waals surface area contributed by atoms with Gasteiger partial charge < -0.3 is 26.6 Å². The molecular weight excluding hydrogens is 555 g/mol. The second-order valence-electron chi connectivity index (χ2n) is 10.2. The molecule has 0 spiro atoms. The second-order valence-corrected chi connectivity index (χ2v) is 12.1. The fourth-order valence-electron chi connectivity index (χ4n) is 4.54. The molecule has 0 aliphatic carbocycles. The first-order valence-corrected chi connectivity index (χ1v) is 15.7. The van der Waals surface area contributed by atoms with Crippen molar-refractivity contribution >= 4 is 47.1 Å². The molecule has 41 heavy (non-hydrogen) atoms. The largest absolute Gasteiger partial charge is 0.342 e. The van der Waals surface area contributed by atoms with E-state index in [2.05, 4.69) is 22.0 Å². The number of thioether (sulfide) groups is 2. The zero-order valence-corrected chi connectivity index (χ0v) is 25.4. The quantitative estimate of drug-likeness (QED) is 0.270. The molecule has 216 valence electrons. The highest BCUT2D eigenvalue weighted by molar-refractivity contribution is 8.00. The zero-order valence-electron chi connectivity index (χ0n) is 23.8. The summed E-state index contributed by atoms with van der Waals surface area (Å²) in [7, 11) is 1.59. The zero-order chi connectivity index (χ0) is 29.5. The standard InChI is InChI=1S/C31H37N5O3S2/c1-19(2)28(32)29(37)35-25-18-41-27-15-23(40-4)13-14-26(27)36(30(25)38)17-20-9-11-21(12-10-20)24-8-6-5-7-22(24)16-34-31(39)33-3/h5-15,19,25,28H,16-18,32H2,1-4H3,(H,35,37)(H2,33,34,39)/t25-,28?/m1/s1. The lowest BCUT2D eigenvalue weighted by molar-refractivity contribution is -0.128. The molecule has 1 heterocycles. The summed E-state index contributed by atoms with van der Waals surface area (Å²) >= 11 is 3.22. The number of nitrogens with two attached hydrogens (primary N) is 1. The molecule has 0 saturated heterocycles. The first-order valence-electron chi connectivity index (χ1n) is 13.5. The van der Waals surface area contributed by atoms with Crippen LogP contribution in [0, 0.1) is 5.92 Å². The Morgan fingerprint density at radius 1 is 1.10 bits per heavy atom. The molecule has 0 saturated carbocycles. The molecule has 4 amide bonds. The Morgan fingerprint density at radius 2 is 1.83 bits per heavy atom. The number of hydrogen-bond acceptors (Lipinski definition) is 6. The Labute approximate surface area is 250 Å². The summed E-state index contributed by atoms with van der Waals surface area (Å²) in [6, 6.07) is 20.5. The smallest absolute Gasteiger partial charge is 0.314 e. The predicted molar refractivity (Wildman–Crippen MR) is 168 cm³/mol. The van der Waals surface area contributed by atoms with Crippen LogP contribution in [-0.2, 0) is 22.7 Å². The van der Waals surface area contributed by atoms with Gasteiger partial charge in [0.15, 0.2) is 0 Å². The van der Waals surface area contributed by atoms with E-state index in [4.69, 9.17) is 5.73 Å². The monoisotopic (exact) mass is 591 g/mol. The number of nitrogens with one attached hydrogen (secondary N) is 3. The van der Waals surface area contributed by atoms with Gasteiger partial charge in [0, 0.05) is 29.1 Å². The molecule has 5 N–H and O–H groups in total. The fourth-order valence-corrected chi connectivity index (χ4v) is 6.16. The van der Waals surface area contributed by atoms with E-state index in [1.165, 1.54) is 0 Å². The third kappa shape index (κ3) is 7.44. The van der Waals surface area contributed by atoms with Crippen molar-refractivity contribution in [2.45, 2.75) is 48.8 Å². The van der Waals surface area contributed by atoms with E-state index >= 15 is 0 Å². The van der Waals surface area contributed by atoms with Crippen LogP contribution < -0.4 is 26.6 Å². The summed E-state index contributed by atoms with van der Waals surface area (Å²) in [6.45, 7) is 4.54. The molecule has 2 atom stereocenters. The summed E-state index contributed by atoms with van der Waals surface area (Å²) < 4.78 is 0. The number of fused-ring (bicyclic) bond motifs is 1. The topological polar surface area (TPSA) is 117 Å². The van der Waals surface area contributed by atoms with Gasteiger partial charge in [-0.2, -0.15) is 0 Å². The molecule has 8 nitrogen and oxygen atoms in total. The molecule has 0 radical (unpaired) electrons. The maximum absolute atomic E-state index is 13.9. The summed E-state index contributed by atoms with van der Waals surface area (Å²) in [5.74, 6) is -0.0868. The number of carbonyl (C=O) groups is 3. The van der Waals surface area contributed by atoms with Gasteiger partial charge >= 0.3 is 6.03 Å². The van der Waals surface area contributed by atoms with Gasteiger partial charge in [-0.15, -0.1) is 23.5 Å². The van der Waals surface area contributed by atoms with Crippen molar-refractivity contribution in [1.82, 2.24) is 16.0 Å². The van der Waals surface area contributed by atoms with Crippen molar-refractivity contribution < 1.29 is 14.4 Å². The number of urea groups is 1. The Balaban J connectivity index is 1.60. The first kappa shape index (κ1) is 30.5. The fraction of sp³-hybridized carbons (Fsp3) is 0.323. The van der Waals surface area contributed by atoms with E-state index in [0.717, 1.165) is 37.7 Å². The van der Waals surface area contributed by atoms with Gasteiger partial charge in [0.25, 0.3) is 5.91 Å². The van der Waals surface area contributed by atoms with Crippen LogP contribution in [0.2, 0.25) is 0 Å². The van der Waals surface area contributed by atoms with E-state index in [-0.39, 0.29) is 23.8 Å². The lowest BCUT2D eigenvalue weighted by Gasteiger charge is -2.27. The minimum atomic E-state index is -0.693. The SMILES string of the molecule is CNC(=O)NCc1ccccc1-c1ccc(CN2C(=O)[C@H](NC(=O)C(N)C(C)C)CSc3cc(SC)ccc32)cc1. The third-order valence-corrected chi connectivity index (χ3v) is 8.92. The summed E-state index contributed by atoms with van der Waals surface area (Å²) in [5, 5.41) is 8.33. The molecule has 1 unspecified atom stereocenters. The molecule has 0 bridgehead atoms. The van der Waals surface area contributed by atoms with Crippen LogP contribution in [0.1, 0.15) is 25.0 Å². The maximum Gasteiger partial charge on any atom is 0.314 e. The van der Waals surface area contributed by atoms with Crippen LogP contribution >= 0.6 is 23.5 Å². The van der Waals surface area contributed by atoms with Crippen molar-refractivity contribution in [1.29, 1.82) is 0 Å². The average Bonchev–Trinajstić information content (AvgIpc) is 3.11. The van der Waals surface area contributed by atoms with Crippen LogP contribution in [0.4, 0.5) is 10.5 Å². The van der Waals surface area contributed by atoms with Gasteiger partial charge in [0.2, 0.25) is 5.91 Å². The summed E-state index contributed by atoms with van der Waals surface area (Å²) in [5.41, 5.74) is 10.9. The second kappa shape index (κ2) is 13.9. The Hall–Kier alpha value is -3.47. The predicted octanol–water partition coefficient (Wildman–Crippen LogP) is 4.61. The van der Waals surface area contributed by atoms with E-state index in [1.54, 1.807) is 35.5 Å². The number of benzene rings is 3. The van der Waals surface area contributed by atoms with Gasteiger partial charge in [0.1, 0.15) is 6.04 Å². The van der Waals surface area contributed by atoms with Crippen LogP contribution in [0.5, 0.6) is 0 Å². The summed E-state index contributed by atoms with van der Waals surface area (Å²) in [6.07, 6.45) is 2.02. The number of rotatable bonds is 9. The van der Waals surface area contributed by atoms with E-state index < -0.39 is 12.1 Å². The molecule has 3 aromatic rings. The number of amides is 4. The maximum atomic E-state index is 13.9. The molecule has 0 aromatic heterocycles. The van der Waals surface area contributed by atoms with E-state index in [1.807, 2.05) is 80.8 Å².